The van der Waals surface area contributed by atoms with Crippen molar-refractivity contribution in [2.24, 2.45) is 0 Å². The Labute approximate surface area is 96.2 Å². The summed E-state index contributed by atoms with van der Waals surface area (Å²) in [6, 6.07) is 0.101. The zero-order valence-electron chi connectivity index (χ0n) is 9.45. The van der Waals surface area contributed by atoms with Crippen LogP contribution < -0.4 is 0 Å². The van der Waals surface area contributed by atoms with Crippen LogP contribution in [-0.2, 0) is 4.79 Å². The van der Waals surface area contributed by atoms with Crippen molar-refractivity contribution < 1.29 is 4.79 Å². The summed E-state index contributed by atoms with van der Waals surface area (Å²) in [5, 5.41) is 0. The number of carbonyl (C=O) groups is 1. The molecule has 2 aliphatic rings. The largest absolute Gasteiger partial charge is 0.341 e. The first-order valence-electron chi connectivity index (χ1n) is 5.89. The third kappa shape index (κ3) is 2.67. The molecule has 4 heteroatoms. The molecule has 86 valence electrons. The minimum Gasteiger partial charge on any atom is -0.341 e. The van der Waals surface area contributed by atoms with Crippen molar-refractivity contribution >= 4 is 17.7 Å². The van der Waals surface area contributed by atoms with Crippen LogP contribution in [0.2, 0.25) is 0 Å². The number of nitrogens with zero attached hydrogens (tertiary/aromatic N) is 2. The second kappa shape index (κ2) is 5.21. The van der Waals surface area contributed by atoms with Gasteiger partial charge >= 0.3 is 0 Å². The molecule has 15 heavy (non-hydrogen) atoms. The first-order chi connectivity index (χ1) is 7.29. The van der Waals surface area contributed by atoms with Crippen molar-refractivity contribution in [3.63, 3.8) is 0 Å². The van der Waals surface area contributed by atoms with Crippen molar-refractivity contribution in [2.45, 2.75) is 25.8 Å². The van der Waals surface area contributed by atoms with E-state index in [4.69, 9.17) is 0 Å². The summed E-state index contributed by atoms with van der Waals surface area (Å²) in [6.45, 7) is 6.17. The van der Waals surface area contributed by atoms with E-state index in [0.29, 0.717) is 5.91 Å². The van der Waals surface area contributed by atoms with Crippen molar-refractivity contribution in [3.05, 3.63) is 0 Å². The molecule has 0 bridgehead atoms. The fraction of sp³-hybridized carbons (Fsp3) is 0.909. The Morgan fingerprint density at radius 1 is 1.13 bits per heavy atom. The Bertz CT molecular complexity index is 223. The molecular weight excluding hydrogens is 208 g/mol. The van der Waals surface area contributed by atoms with Crippen LogP contribution in [0.5, 0.6) is 0 Å². The number of likely N-dealkylation sites (tertiary alicyclic amines) is 1. The van der Waals surface area contributed by atoms with Gasteiger partial charge in [-0.2, -0.15) is 11.8 Å². The molecule has 0 aliphatic carbocycles. The van der Waals surface area contributed by atoms with E-state index < -0.39 is 0 Å². The highest BCUT2D eigenvalue weighted by Crippen LogP contribution is 2.16. The van der Waals surface area contributed by atoms with Gasteiger partial charge in [0.15, 0.2) is 0 Å². The Balaban J connectivity index is 1.87. The van der Waals surface area contributed by atoms with Crippen molar-refractivity contribution in [2.75, 3.05) is 37.7 Å². The number of carbonyl (C=O) groups excluding carboxylic acids is 1. The van der Waals surface area contributed by atoms with Gasteiger partial charge in [-0.1, -0.05) is 0 Å². The van der Waals surface area contributed by atoms with E-state index in [-0.39, 0.29) is 6.04 Å². The molecule has 0 aromatic heterocycles. The van der Waals surface area contributed by atoms with Crippen molar-refractivity contribution in [1.29, 1.82) is 0 Å². The summed E-state index contributed by atoms with van der Waals surface area (Å²) in [4.78, 5) is 16.5. The van der Waals surface area contributed by atoms with Gasteiger partial charge in [-0.25, -0.2) is 0 Å². The summed E-state index contributed by atoms with van der Waals surface area (Å²) < 4.78 is 0. The number of amides is 1. The van der Waals surface area contributed by atoms with Crippen LogP contribution in [0.3, 0.4) is 0 Å². The first kappa shape index (κ1) is 11.3. The van der Waals surface area contributed by atoms with Crippen LogP contribution >= 0.6 is 11.8 Å². The number of hydrogen-bond donors (Lipinski definition) is 0. The van der Waals surface area contributed by atoms with Crippen LogP contribution in [0.15, 0.2) is 0 Å². The predicted octanol–water partition coefficient (Wildman–Crippen LogP) is 1.05. The maximum atomic E-state index is 12.1. The average molecular weight is 228 g/mol. The molecule has 3 nitrogen and oxygen atoms in total. The van der Waals surface area contributed by atoms with Crippen LogP contribution in [0.1, 0.15) is 19.8 Å². The zero-order valence-corrected chi connectivity index (χ0v) is 10.3. The van der Waals surface area contributed by atoms with E-state index in [1.807, 2.05) is 16.7 Å². The lowest BCUT2D eigenvalue weighted by Gasteiger charge is -2.33. The summed E-state index contributed by atoms with van der Waals surface area (Å²) in [6.07, 6.45) is 2.38. The van der Waals surface area contributed by atoms with Gasteiger partial charge in [0.25, 0.3) is 0 Å². The lowest BCUT2D eigenvalue weighted by atomic mass is 10.2. The molecule has 0 aromatic carbocycles. The van der Waals surface area contributed by atoms with Crippen LogP contribution in [0.4, 0.5) is 0 Å². The molecule has 2 rings (SSSR count). The number of hydrogen-bond acceptors (Lipinski definition) is 3. The lowest BCUT2D eigenvalue weighted by Crippen LogP contribution is -2.49. The van der Waals surface area contributed by atoms with E-state index in [2.05, 4.69) is 11.8 Å². The summed E-state index contributed by atoms with van der Waals surface area (Å²) >= 11 is 1.99. The molecule has 2 fully saturated rings. The molecule has 0 radical (unpaired) electrons. The Hall–Kier alpha value is -0.220. The third-order valence-corrected chi connectivity index (χ3v) is 4.31. The monoisotopic (exact) mass is 228 g/mol. The van der Waals surface area contributed by atoms with Gasteiger partial charge in [0.05, 0.1) is 6.04 Å². The normalized spacial score (nSPS) is 25.5. The van der Waals surface area contributed by atoms with Gasteiger partial charge in [-0.05, 0) is 19.8 Å². The van der Waals surface area contributed by atoms with Gasteiger partial charge in [-0.3, -0.25) is 9.69 Å². The van der Waals surface area contributed by atoms with Gasteiger partial charge < -0.3 is 4.90 Å². The Morgan fingerprint density at radius 2 is 1.73 bits per heavy atom. The molecular formula is C11H20N2OS. The second-order valence-corrected chi connectivity index (χ2v) is 5.58. The highest BCUT2D eigenvalue weighted by molar-refractivity contribution is 7.99. The number of thioether (sulfide) groups is 1. The van der Waals surface area contributed by atoms with Crippen LogP contribution in [-0.4, -0.2) is 59.4 Å². The quantitative estimate of drug-likeness (QED) is 0.706. The number of rotatable bonds is 2. The SMILES string of the molecule is C[C@H](C(=O)N1CCCC1)N1CCSCC1. The average Bonchev–Trinajstić information content (AvgIpc) is 2.82. The van der Waals surface area contributed by atoms with Crippen molar-refractivity contribution in [1.82, 2.24) is 9.80 Å². The zero-order chi connectivity index (χ0) is 10.7. The maximum absolute atomic E-state index is 12.1. The topological polar surface area (TPSA) is 23.6 Å². The predicted molar refractivity (Wildman–Crippen MR) is 64.2 cm³/mol. The molecule has 0 unspecified atom stereocenters. The highest BCUT2D eigenvalue weighted by Gasteiger charge is 2.28. The molecule has 2 heterocycles. The van der Waals surface area contributed by atoms with E-state index in [0.717, 1.165) is 26.2 Å². The van der Waals surface area contributed by atoms with Crippen LogP contribution in [0, 0.1) is 0 Å². The fourth-order valence-electron chi connectivity index (χ4n) is 2.32. The van der Waals surface area contributed by atoms with E-state index in [9.17, 15) is 4.79 Å². The van der Waals surface area contributed by atoms with Gasteiger partial charge in [0.1, 0.15) is 0 Å². The first-order valence-corrected chi connectivity index (χ1v) is 7.05. The smallest absolute Gasteiger partial charge is 0.239 e. The summed E-state index contributed by atoms with van der Waals surface area (Å²) in [7, 11) is 0. The van der Waals surface area contributed by atoms with Gasteiger partial charge in [-0.15, -0.1) is 0 Å². The van der Waals surface area contributed by atoms with Gasteiger partial charge in [0, 0.05) is 37.7 Å². The van der Waals surface area contributed by atoms with E-state index in [1.165, 1.54) is 24.3 Å². The lowest BCUT2D eigenvalue weighted by molar-refractivity contribution is -0.135. The summed E-state index contributed by atoms with van der Waals surface area (Å²) in [5.74, 6) is 2.70. The molecule has 0 N–H and O–H groups in total. The second-order valence-electron chi connectivity index (χ2n) is 4.36. The molecule has 0 spiro atoms. The molecule has 0 aromatic rings. The van der Waals surface area contributed by atoms with Gasteiger partial charge in [0.2, 0.25) is 5.91 Å². The minimum atomic E-state index is 0.101. The van der Waals surface area contributed by atoms with Crippen molar-refractivity contribution in [3.8, 4) is 0 Å². The maximum Gasteiger partial charge on any atom is 0.239 e. The van der Waals surface area contributed by atoms with E-state index >= 15 is 0 Å². The highest BCUT2D eigenvalue weighted by atomic mass is 32.2. The standard InChI is InChI=1S/C11H20N2OS/c1-10(12-6-8-15-9-7-12)11(14)13-4-2-3-5-13/h10H,2-9H2,1H3/t10-/m1/s1. The Kier molecular flexibility index (Phi) is 3.92. The molecule has 2 saturated heterocycles. The fourth-order valence-corrected chi connectivity index (χ4v) is 3.25. The Morgan fingerprint density at radius 3 is 2.33 bits per heavy atom. The van der Waals surface area contributed by atoms with E-state index in [1.54, 1.807) is 0 Å². The molecule has 1 amide bonds. The summed E-state index contributed by atoms with van der Waals surface area (Å²) in [5.41, 5.74) is 0. The molecule has 0 saturated carbocycles. The molecule has 2 aliphatic heterocycles. The van der Waals surface area contributed by atoms with Crippen LogP contribution in [0.25, 0.3) is 0 Å². The molecule has 1 atom stereocenters. The third-order valence-electron chi connectivity index (χ3n) is 3.37. The minimum absolute atomic E-state index is 0.101.